The number of carbonyl (C=O) groups excluding carboxylic acids is 4. The highest BCUT2D eigenvalue weighted by Gasteiger charge is 2.74. The molecule has 2 aliphatic heterocycles. The lowest BCUT2D eigenvalue weighted by Crippen LogP contribution is -2.63. The van der Waals surface area contributed by atoms with Gasteiger partial charge in [-0.15, -0.1) is 0 Å². The van der Waals surface area contributed by atoms with Gasteiger partial charge in [0.05, 0.1) is 91.1 Å². The van der Waals surface area contributed by atoms with Gasteiger partial charge in [-0.1, -0.05) is 12.2 Å². The SMILES string of the molecule is CC[N+](C)(C)CCN1C(=O)[C@@H]2[C@H]3C=C[C@@H]([C@@H]2C1=O)[C@@H]1[C@@H]2C(=O)N(CC[N+](C)(C)CC)C(=O)[C@@H]2[C@@H]31. The number of likely N-dealkylation sites (N-methyl/N-ethyl adjacent to an activating group) is 2. The highest BCUT2D eigenvalue weighted by atomic mass is 16.2. The zero-order valence-corrected chi connectivity index (χ0v) is 21.4. The third-order valence-electron chi connectivity index (χ3n) is 10.1. The van der Waals surface area contributed by atoms with Crippen LogP contribution < -0.4 is 0 Å². The summed E-state index contributed by atoms with van der Waals surface area (Å²) in [5.41, 5.74) is 0. The van der Waals surface area contributed by atoms with Gasteiger partial charge < -0.3 is 8.97 Å². The minimum Gasteiger partial charge on any atom is -0.327 e. The molecule has 4 aliphatic carbocycles. The van der Waals surface area contributed by atoms with Gasteiger partial charge in [0.2, 0.25) is 23.6 Å². The third-order valence-corrected chi connectivity index (χ3v) is 10.1. The average molecular weight is 473 g/mol. The fourth-order valence-electron chi connectivity index (χ4n) is 7.22. The number of imide groups is 2. The first-order valence-corrected chi connectivity index (χ1v) is 13.0. The number of nitrogens with zero attached hydrogens (tertiary/aromatic N) is 4. The molecule has 0 unspecified atom stereocenters. The monoisotopic (exact) mass is 472 g/mol. The zero-order valence-electron chi connectivity index (χ0n) is 21.4. The molecule has 0 N–H and O–H groups in total. The Bertz CT molecular complexity index is 916. The van der Waals surface area contributed by atoms with Gasteiger partial charge in [-0.25, -0.2) is 0 Å². The normalized spacial score (nSPS) is 38.4. The molecular formula is C26H40N4O4+2. The lowest BCUT2D eigenvalue weighted by atomic mass is 9.40. The summed E-state index contributed by atoms with van der Waals surface area (Å²) in [5, 5.41) is 0. The maximum atomic E-state index is 13.5. The predicted octanol–water partition coefficient (Wildman–Crippen LogP) is 0.443. The van der Waals surface area contributed by atoms with Gasteiger partial charge in [0.15, 0.2) is 0 Å². The Morgan fingerprint density at radius 1 is 0.618 bits per heavy atom. The Hall–Kier alpha value is -2.06. The molecule has 8 nitrogen and oxygen atoms in total. The first kappa shape index (κ1) is 23.7. The second-order valence-electron chi connectivity index (χ2n) is 12.4. The van der Waals surface area contributed by atoms with E-state index in [9.17, 15) is 19.2 Å². The highest BCUT2D eigenvalue weighted by molar-refractivity contribution is 6.09. The summed E-state index contributed by atoms with van der Waals surface area (Å²) in [6, 6.07) is 0. The summed E-state index contributed by atoms with van der Waals surface area (Å²) in [7, 11) is 8.42. The molecule has 6 aliphatic rings. The van der Waals surface area contributed by atoms with Crippen molar-refractivity contribution in [3.8, 4) is 0 Å². The number of rotatable bonds is 8. The molecule has 8 heteroatoms. The second kappa shape index (κ2) is 7.72. The Balaban J connectivity index is 1.36. The largest absolute Gasteiger partial charge is 0.327 e. The summed E-state index contributed by atoms with van der Waals surface area (Å²) in [6.45, 7) is 8.41. The van der Waals surface area contributed by atoms with Gasteiger partial charge in [-0.3, -0.25) is 29.0 Å². The van der Waals surface area contributed by atoms with E-state index in [0.717, 1.165) is 35.1 Å². The first-order chi connectivity index (χ1) is 15.9. The van der Waals surface area contributed by atoms with Gasteiger partial charge in [-0.05, 0) is 37.5 Å². The van der Waals surface area contributed by atoms with Crippen molar-refractivity contribution in [2.75, 3.05) is 67.5 Å². The van der Waals surface area contributed by atoms with Crippen LogP contribution in [0.5, 0.6) is 0 Å². The van der Waals surface area contributed by atoms with Crippen LogP contribution in [-0.2, 0) is 19.2 Å². The molecule has 0 spiro atoms. The lowest BCUT2D eigenvalue weighted by Gasteiger charge is -2.60. The number of quaternary nitrogens is 2. The van der Waals surface area contributed by atoms with Crippen LogP contribution in [0.1, 0.15) is 13.8 Å². The van der Waals surface area contributed by atoms with Crippen LogP contribution in [0.2, 0.25) is 0 Å². The summed E-state index contributed by atoms with van der Waals surface area (Å²) in [5.74, 6) is -1.82. The van der Waals surface area contributed by atoms with E-state index in [-0.39, 0.29) is 71.0 Å². The molecule has 0 aromatic heterocycles. The van der Waals surface area contributed by atoms with Gasteiger partial charge in [-0.2, -0.15) is 0 Å². The molecule has 4 fully saturated rings. The first-order valence-electron chi connectivity index (χ1n) is 13.0. The van der Waals surface area contributed by atoms with Gasteiger partial charge >= 0.3 is 0 Å². The molecule has 4 amide bonds. The van der Waals surface area contributed by atoms with Crippen LogP contribution in [0.3, 0.4) is 0 Å². The molecule has 0 aromatic rings. The highest BCUT2D eigenvalue weighted by Crippen LogP contribution is 2.68. The standard InChI is InChI=1S/C26H40N4O4/c1-7-29(3,4)13-11-27-23(31)19-15-9-10-16(20(19)24(27)32)18-17(15)21-22(18)26(34)28(25(21)33)12-14-30(5,6)8-2/h9-10,15-22H,7-8,11-14H2,1-6H3/q+2/t15-,16+,17-,18-,19+,20-,21+,22-/m0/s1. The number of amides is 4. The van der Waals surface area contributed by atoms with Crippen LogP contribution in [0, 0.1) is 47.3 Å². The fraction of sp³-hybridized carbons (Fsp3) is 0.769. The van der Waals surface area contributed by atoms with Crippen molar-refractivity contribution in [2.24, 2.45) is 47.3 Å². The molecule has 186 valence electrons. The Morgan fingerprint density at radius 2 is 0.941 bits per heavy atom. The van der Waals surface area contributed by atoms with Gasteiger partial charge in [0.1, 0.15) is 0 Å². The number of hydrogen-bond acceptors (Lipinski definition) is 4. The summed E-state index contributed by atoms with van der Waals surface area (Å²) in [4.78, 5) is 56.7. The van der Waals surface area contributed by atoms with E-state index in [0.29, 0.717) is 13.1 Å². The maximum absolute atomic E-state index is 13.5. The molecule has 0 radical (unpaired) electrons. The second-order valence-corrected chi connectivity index (χ2v) is 12.4. The van der Waals surface area contributed by atoms with Crippen LogP contribution >= 0.6 is 0 Å². The van der Waals surface area contributed by atoms with E-state index in [4.69, 9.17) is 0 Å². The number of hydrogen-bond donors (Lipinski definition) is 0. The Labute approximate surface area is 202 Å². The van der Waals surface area contributed by atoms with E-state index in [1.807, 2.05) is 0 Å². The predicted molar refractivity (Wildman–Crippen MR) is 126 cm³/mol. The fourth-order valence-corrected chi connectivity index (χ4v) is 7.22. The van der Waals surface area contributed by atoms with Crippen LogP contribution in [0.15, 0.2) is 12.2 Å². The molecule has 2 saturated heterocycles. The van der Waals surface area contributed by atoms with Crippen LogP contribution in [0.4, 0.5) is 0 Å². The minimum absolute atomic E-state index is 0.0101. The number of fused-ring (bicyclic) bond motifs is 1. The molecule has 8 atom stereocenters. The van der Waals surface area contributed by atoms with E-state index in [1.165, 1.54) is 9.80 Å². The molecule has 0 aromatic carbocycles. The Kier molecular flexibility index (Phi) is 5.37. The molecule has 6 rings (SSSR count). The molecule has 34 heavy (non-hydrogen) atoms. The summed E-state index contributed by atoms with van der Waals surface area (Å²) in [6.07, 6.45) is 4.17. The van der Waals surface area contributed by atoms with Crippen molar-refractivity contribution < 1.29 is 28.1 Å². The summed E-state index contributed by atoms with van der Waals surface area (Å²) >= 11 is 0. The summed E-state index contributed by atoms with van der Waals surface area (Å²) < 4.78 is 1.50. The molecule has 2 heterocycles. The van der Waals surface area contributed by atoms with Gasteiger partial charge in [0, 0.05) is 0 Å². The van der Waals surface area contributed by atoms with E-state index >= 15 is 0 Å². The van der Waals surface area contributed by atoms with Crippen molar-refractivity contribution >= 4 is 23.6 Å². The number of allylic oxidation sites excluding steroid dienone is 2. The zero-order chi connectivity index (χ0) is 24.7. The molecule has 2 saturated carbocycles. The van der Waals surface area contributed by atoms with E-state index < -0.39 is 0 Å². The number of carbonyl (C=O) groups is 4. The van der Waals surface area contributed by atoms with Crippen LogP contribution in [-0.4, -0.2) is 110 Å². The quantitative estimate of drug-likeness (QED) is 0.292. The van der Waals surface area contributed by atoms with Crippen molar-refractivity contribution in [1.82, 2.24) is 9.80 Å². The molecule has 2 bridgehead atoms. The smallest absolute Gasteiger partial charge is 0.233 e. The maximum Gasteiger partial charge on any atom is 0.233 e. The van der Waals surface area contributed by atoms with Gasteiger partial charge in [0.25, 0.3) is 0 Å². The topological polar surface area (TPSA) is 74.8 Å². The van der Waals surface area contributed by atoms with E-state index in [2.05, 4.69) is 54.2 Å². The number of likely N-dealkylation sites (tertiary alicyclic amines) is 2. The van der Waals surface area contributed by atoms with Crippen molar-refractivity contribution in [3.63, 3.8) is 0 Å². The molecular weight excluding hydrogens is 432 g/mol. The Morgan fingerprint density at radius 3 is 1.26 bits per heavy atom. The van der Waals surface area contributed by atoms with Crippen molar-refractivity contribution in [1.29, 1.82) is 0 Å². The average Bonchev–Trinajstić information content (AvgIpc) is 3.15. The van der Waals surface area contributed by atoms with Crippen molar-refractivity contribution in [3.05, 3.63) is 12.2 Å². The third kappa shape index (κ3) is 3.17. The lowest BCUT2D eigenvalue weighted by molar-refractivity contribution is -0.887. The van der Waals surface area contributed by atoms with Crippen LogP contribution in [0.25, 0.3) is 0 Å². The minimum atomic E-state index is -0.366. The van der Waals surface area contributed by atoms with Crippen molar-refractivity contribution in [2.45, 2.75) is 13.8 Å². The van der Waals surface area contributed by atoms with E-state index in [1.54, 1.807) is 0 Å².